The van der Waals surface area contributed by atoms with E-state index >= 15 is 0 Å². The van der Waals surface area contributed by atoms with E-state index in [2.05, 4.69) is 0 Å². The molecule has 2 rings (SSSR count). The summed E-state index contributed by atoms with van der Waals surface area (Å²) >= 11 is 0. The Labute approximate surface area is 152 Å². The summed E-state index contributed by atoms with van der Waals surface area (Å²) in [6, 6.07) is 14.2. The van der Waals surface area contributed by atoms with E-state index in [-0.39, 0.29) is 11.4 Å². The first kappa shape index (κ1) is 18.9. The third-order valence-corrected chi connectivity index (χ3v) is 3.80. The van der Waals surface area contributed by atoms with Crippen molar-refractivity contribution < 1.29 is 19.1 Å². The molecule has 0 aliphatic carbocycles. The number of benzene rings is 2. The zero-order chi connectivity index (χ0) is 19.1. The summed E-state index contributed by atoms with van der Waals surface area (Å²) in [6.45, 7) is 3.29. The van der Waals surface area contributed by atoms with Crippen LogP contribution in [0.1, 0.15) is 27.0 Å². The van der Waals surface area contributed by atoms with Gasteiger partial charge in [0.2, 0.25) is 5.78 Å². The van der Waals surface area contributed by atoms with Gasteiger partial charge in [0.25, 0.3) is 0 Å². The molecule has 0 aliphatic heterocycles. The van der Waals surface area contributed by atoms with E-state index in [1.165, 1.54) is 6.08 Å². The molecular weight excluding hydrogens is 330 g/mol. The molecule has 5 heteroatoms. The first-order valence-electron chi connectivity index (χ1n) is 7.98. The van der Waals surface area contributed by atoms with Gasteiger partial charge in [0, 0.05) is 5.56 Å². The van der Waals surface area contributed by atoms with Crippen LogP contribution in [-0.4, -0.2) is 25.5 Å². The van der Waals surface area contributed by atoms with Crippen LogP contribution >= 0.6 is 0 Å². The zero-order valence-corrected chi connectivity index (χ0v) is 14.9. The summed E-state index contributed by atoms with van der Waals surface area (Å²) in [5.74, 6) is -0.467. The van der Waals surface area contributed by atoms with Crippen LogP contribution in [0.3, 0.4) is 0 Å². The number of methoxy groups -OCH3 is 1. The molecular formula is C21H19NO4. The van der Waals surface area contributed by atoms with Crippen molar-refractivity contribution in [2.24, 2.45) is 0 Å². The Balaban J connectivity index is 2.07. The maximum atomic E-state index is 12.3. The monoisotopic (exact) mass is 349 g/mol. The molecule has 0 bridgehead atoms. The summed E-state index contributed by atoms with van der Waals surface area (Å²) in [6.07, 6.45) is 1.41. The second kappa shape index (κ2) is 8.63. The SMILES string of the molecule is COc1ccc(/C=C(\C#N)C(=O)OCC(=O)c2cc(C)ccc2C)cc1. The molecule has 0 atom stereocenters. The molecule has 26 heavy (non-hydrogen) atoms. The lowest BCUT2D eigenvalue weighted by atomic mass is 10.0. The van der Waals surface area contributed by atoms with Crippen LogP contribution < -0.4 is 4.74 Å². The third-order valence-electron chi connectivity index (χ3n) is 3.80. The van der Waals surface area contributed by atoms with Crippen LogP contribution in [0.2, 0.25) is 0 Å². The summed E-state index contributed by atoms with van der Waals surface area (Å²) in [5.41, 5.74) is 2.74. The van der Waals surface area contributed by atoms with Crippen molar-refractivity contribution in [1.29, 1.82) is 5.26 Å². The molecule has 2 aromatic rings. The van der Waals surface area contributed by atoms with E-state index in [4.69, 9.17) is 9.47 Å². The van der Waals surface area contributed by atoms with E-state index in [0.29, 0.717) is 16.9 Å². The maximum absolute atomic E-state index is 12.3. The minimum Gasteiger partial charge on any atom is -0.497 e. The van der Waals surface area contributed by atoms with Gasteiger partial charge in [0.05, 0.1) is 7.11 Å². The van der Waals surface area contributed by atoms with Gasteiger partial charge in [-0.2, -0.15) is 5.26 Å². The first-order chi connectivity index (χ1) is 12.4. The van der Waals surface area contributed by atoms with Crippen molar-refractivity contribution in [2.45, 2.75) is 13.8 Å². The van der Waals surface area contributed by atoms with Gasteiger partial charge in [-0.05, 0) is 49.2 Å². The Hall–Kier alpha value is -3.39. The Bertz CT molecular complexity index is 889. The van der Waals surface area contributed by atoms with E-state index in [1.807, 2.05) is 26.0 Å². The number of carbonyl (C=O) groups excluding carboxylic acids is 2. The van der Waals surface area contributed by atoms with E-state index in [9.17, 15) is 14.9 Å². The highest BCUT2D eigenvalue weighted by Gasteiger charge is 2.15. The Morgan fingerprint density at radius 2 is 1.81 bits per heavy atom. The quantitative estimate of drug-likeness (QED) is 0.344. The molecule has 132 valence electrons. The number of rotatable bonds is 6. The summed E-state index contributed by atoms with van der Waals surface area (Å²) in [5, 5.41) is 9.19. The topological polar surface area (TPSA) is 76.4 Å². The Morgan fingerprint density at radius 3 is 2.42 bits per heavy atom. The second-order valence-electron chi connectivity index (χ2n) is 5.76. The number of Topliss-reactive ketones (excluding diaryl/α,β-unsaturated/α-hetero) is 1. The Kier molecular flexibility index (Phi) is 6.29. The van der Waals surface area contributed by atoms with Gasteiger partial charge < -0.3 is 9.47 Å². The normalized spacial score (nSPS) is 10.8. The third kappa shape index (κ3) is 4.81. The van der Waals surface area contributed by atoms with Crippen LogP contribution in [-0.2, 0) is 9.53 Å². The van der Waals surface area contributed by atoms with Crippen molar-refractivity contribution in [1.82, 2.24) is 0 Å². The van der Waals surface area contributed by atoms with Gasteiger partial charge in [-0.1, -0.05) is 29.8 Å². The van der Waals surface area contributed by atoms with Crippen LogP contribution in [0, 0.1) is 25.2 Å². The van der Waals surface area contributed by atoms with E-state index in [0.717, 1.165) is 11.1 Å². The maximum Gasteiger partial charge on any atom is 0.349 e. The van der Waals surface area contributed by atoms with Crippen molar-refractivity contribution in [3.63, 3.8) is 0 Å². The molecule has 0 saturated heterocycles. The summed E-state index contributed by atoms with van der Waals surface area (Å²) in [4.78, 5) is 24.4. The van der Waals surface area contributed by atoms with Crippen molar-refractivity contribution in [2.75, 3.05) is 13.7 Å². The first-order valence-corrected chi connectivity index (χ1v) is 7.98. The zero-order valence-electron chi connectivity index (χ0n) is 14.9. The smallest absolute Gasteiger partial charge is 0.349 e. The van der Waals surface area contributed by atoms with Gasteiger partial charge in [0.15, 0.2) is 6.61 Å². The van der Waals surface area contributed by atoms with E-state index < -0.39 is 12.6 Å². The number of esters is 1. The fourth-order valence-corrected chi connectivity index (χ4v) is 2.33. The van der Waals surface area contributed by atoms with Crippen LogP contribution in [0.4, 0.5) is 0 Å². The van der Waals surface area contributed by atoms with Gasteiger partial charge in [-0.25, -0.2) is 4.79 Å². The predicted octanol–water partition coefficient (Wildman–Crippen LogP) is 3.65. The highest BCUT2D eigenvalue weighted by molar-refractivity contribution is 6.02. The number of nitriles is 1. The number of ether oxygens (including phenoxy) is 2. The fraction of sp³-hybridized carbons (Fsp3) is 0.190. The molecule has 0 heterocycles. The average Bonchev–Trinajstić information content (AvgIpc) is 2.66. The standard InChI is InChI=1S/C21H19NO4/c1-14-4-5-15(2)19(10-14)20(23)13-26-21(24)17(12-22)11-16-6-8-18(25-3)9-7-16/h4-11H,13H2,1-3H3/b17-11+. The lowest BCUT2D eigenvalue weighted by Crippen LogP contribution is -2.16. The van der Waals surface area contributed by atoms with Gasteiger partial charge in [-0.15, -0.1) is 0 Å². The molecule has 0 radical (unpaired) electrons. The molecule has 2 aromatic carbocycles. The molecule has 0 amide bonds. The molecule has 0 unspecified atom stereocenters. The molecule has 0 fully saturated rings. The number of hydrogen-bond donors (Lipinski definition) is 0. The number of hydrogen-bond acceptors (Lipinski definition) is 5. The van der Waals surface area contributed by atoms with Crippen LogP contribution in [0.15, 0.2) is 48.0 Å². The lowest BCUT2D eigenvalue weighted by molar-refractivity contribution is -0.137. The minimum atomic E-state index is -0.832. The van der Waals surface area contributed by atoms with Gasteiger partial charge >= 0.3 is 5.97 Å². The predicted molar refractivity (Wildman–Crippen MR) is 97.8 cm³/mol. The van der Waals surface area contributed by atoms with Gasteiger partial charge in [-0.3, -0.25) is 4.79 Å². The van der Waals surface area contributed by atoms with Gasteiger partial charge in [0.1, 0.15) is 17.4 Å². The molecule has 0 aromatic heterocycles. The summed E-state index contributed by atoms with van der Waals surface area (Å²) < 4.78 is 10.1. The number of ketones is 1. The number of carbonyl (C=O) groups is 2. The van der Waals surface area contributed by atoms with E-state index in [1.54, 1.807) is 43.5 Å². The highest BCUT2D eigenvalue weighted by atomic mass is 16.5. The van der Waals surface area contributed by atoms with Crippen molar-refractivity contribution in [3.8, 4) is 11.8 Å². The summed E-state index contributed by atoms with van der Waals surface area (Å²) in [7, 11) is 1.55. The fourth-order valence-electron chi connectivity index (χ4n) is 2.33. The number of aryl methyl sites for hydroxylation is 2. The van der Waals surface area contributed by atoms with Crippen LogP contribution in [0.5, 0.6) is 5.75 Å². The van der Waals surface area contributed by atoms with Crippen molar-refractivity contribution in [3.05, 3.63) is 70.3 Å². The second-order valence-corrected chi connectivity index (χ2v) is 5.76. The van der Waals surface area contributed by atoms with Crippen LogP contribution in [0.25, 0.3) is 6.08 Å². The average molecular weight is 349 g/mol. The lowest BCUT2D eigenvalue weighted by Gasteiger charge is -2.07. The largest absolute Gasteiger partial charge is 0.497 e. The van der Waals surface area contributed by atoms with Crippen molar-refractivity contribution >= 4 is 17.8 Å². The minimum absolute atomic E-state index is 0.177. The Morgan fingerprint density at radius 1 is 1.12 bits per heavy atom. The molecule has 0 aliphatic rings. The highest BCUT2D eigenvalue weighted by Crippen LogP contribution is 2.15. The molecule has 0 spiro atoms. The molecule has 0 N–H and O–H groups in total. The molecule has 5 nitrogen and oxygen atoms in total. The number of nitrogens with zero attached hydrogens (tertiary/aromatic N) is 1. The molecule has 0 saturated carbocycles.